The van der Waals surface area contributed by atoms with Gasteiger partial charge < -0.3 is 15.0 Å². The smallest absolute Gasteiger partial charge is 0.303 e. The second kappa shape index (κ2) is 7.94. The molecule has 1 unspecified atom stereocenters. The molecule has 130 valence electrons. The Morgan fingerprint density at radius 2 is 1.88 bits per heavy atom. The number of fused-ring (bicyclic) bond motifs is 1. The first-order chi connectivity index (χ1) is 12.1. The van der Waals surface area contributed by atoms with Crippen molar-refractivity contribution >= 4 is 17.0 Å². The van der Waals surface area contributed by atoms with Gasteiger partial charge in [0.15, 0.2) is 0 Å². The van der Waals surface area contributed by atoms with E-state index in [2.05, 4.69) is 33.1 Å². The Kier molecular flexibility index (Phi) is 5.46. The first-order valence-electron chi connectivity index (χ1n) is 8.53. The van der Waals surface area contributed by atoms with Gasteiger partial charge in [-0.05, 0) is 30.5 Å². The Hall–Kier alpha value is -2.66. The first kappa shape index (κ1) is 17.2. The fourth-order valence-electron chi connectivity index (χ4n) is 3.06. The third-order valence-electron chi connectivity index (χ3n) is 4.46. The van der Waals surface area contributed by atoms with Crippen LogP contribution in [0.2, 0.25) is 0 Å². The van der Waals surface area contributed by atoms with Crippen LogP contribution in [0, 0.1) is 0 Å². The quantitative estimate of drug-likeness (QED) is 0.663. The van der Waals surface area contributed by atoms with Gasteiger partial charge in [-0.1, -0.05) is 42.5 Å². The van der Waals surface area contributed by atoms with Crippen LogP contribution in [0.15, 0.2) is 54.6 Å². The van der Waals surface area contributed by atoms with Crippen molar-refractivity contribution in [2.24, 2.45) is 7.05 Å². The van der Waals surface area contributed by atoms with Gasteiger partial charge in [0.2, 0.25) is 0 Å². The maximum atomic E-state index is 11.0. The lowest BCUT2D eigenvalue weighted by Crippen LogP contribution is -2.32. The number of aliphatic carboxylic acids is 1. The molecular formula is C20H23N3O2. The molecule has 0 aliphatic rings. The minimum absolute atomic E-state index is 0.0957. The van der Waals surface area contributed by atoms with Crippen molar-refractivity contribution in [3.8, 4) is 0 Å². The standard InChI is InChI=1S/C20H23N3O2/c1-23-18-10-6-5-9-17(18)22-19(23)14-21-16(11-12-20(24)25)13-15-7-3-2-4-8-15/h2-10,16,21H,11-14H2,1H3,(H,24,25). The van der Waals surface area contributed by atoms with Crippen LogP contribution < -0.4 is 5.32 Å². The van der Waals surface area contributed by atoms with Crippen LogP contribution in [-0.2, 0) is 24.8 Å². The zero-order valence-corrected chi connectivity index (χ0v) is 14.4. The summed E-state index contributed by atoms with van der Waals surface area (Å²) in [5.41, 5.74) is 3.28. The lowest BCUT2D eigenvalue weighted by atomic mass is 10.0. The van der Waals surface area contributed by atoms with Crippen LogP contribution in [0.1, 0.15) is 24.2 Å². The van der Waals surface area contributed by atoms with Crippen LogP contribution >= 0.6 is 0 Å². The summed E-state index contributed by atoms with van der Waals surface area (Å²) in [4.78, 5) is 15.6. The third kappa shape index (κ3) is 4.45. The molecule has 0 radical (unpaired) electrons. The lowest BCUT2D eigenvalue weighted by molar-refractivity contribution is -0.137. The van der Waals surface area contributed by atoms with Gasteiger partial charge >= 0.3 is 5.97 Å². The number of carboxylic acid groups (broad SMARTS) is 1. The Balaban J connectivity index is 1.70. The molecule has 1 atom stereocenters. The van der Waals surface area contributed by atoms with E-state index in [9.17, 15) is 4.79 Å². The number of imidazole rings is 1. The molecule has 0 aliphatic carbocycles. The molecule has 0 saturated carbocycles. The molecule has 2 N–H and O–H groups in total. The van der Waals surface area contributed by atoms with Crippen molar-refractivity contribution in [2.45, 2.75) is 31.8 Å². The molecule has 2 aromatic carbocycles. The highest BCUT2D eigenvalue weighted by atomic mass is 16.4. The zero-order chi connectivity index (χ0) is 17.6. The summed E-state index contributed by atoms with van der Waals surface area (Å²) < 4.78 is 2.08. The van der Waals surface area contributed by atoms with Gasteiger partial charge in [-0.2, -0.15) is 0 Å². The van der Waals surface area contributed by atoms with Crippen molar-refractivity contribution in [1.82, 2.24) is 14.9 Å². The summed E-state index contributed by atoms with van der Waals surface area (Å²) in [5.74, 6) is 0.192. The minimum Gasteiger partial charge on any atom is -0.481 e. The van der Waals surface area contributed by atoms with E-state index in [1.165, 1.54) is 5.56 Å². The van der Waals surface area contributed by atoms with Gasteiger partial charge in [-0.15, -0.1) is 0 Å². The molecule has 3 aromatic rings. The lowest BCUT2D eigenvalue weighted by Gasteiger charge is -2.18. The van der Waals surface area contributed by atoms with Gasteiger partial charge in [0.25, 0.3) is 0 Å². The monoisotopic (exact) mass is 337 g/mol. The predicted octanol–water partition coefficient (Wildman–Crippen LogP) is 3.14. The van der Waals surface area contributed by atoms with E-state index in [-0.39, 0.29) is 12.5 Å². The number of benzene rings is 2. The first-order valence-corrected chi connectivity index (χ1v) is 8.53. The highest BCUT2D eigenvalue weighted by Gasteiger charge is 2.14. The average Bonchev–Trinajstić information content (AvgIpc) is 2.94. The highest BCUT2D eigenvalue weighted by Crippen LogP contribution is 2.15. The number of hydrogen-bond donors (Lipinski definition) is 2. The topological polar surface area (TPSA) is 67.2 Å². The number of carbonyl (C=O) groups is 1. The fraction of sp³-hybridized carbons (Fsp3) is 0.300. The molecule has 0 fully saturated rings. The molecule has 3 rings (SSSR count). The Morgan fingerprint density at radius 1 is 1.16 bits per heavy atom. The number of aromatic nitrogens is 2. The normalized spacial score (nSPS) is 12.4. The molecule has 0 bridgehead atoms. The summed E-state index contributed by atoms with van der Waals surface area (Å²) in [7, 11) is 2.01. The molecular weight excluding hydrogens is 314 g/mol. The number of nitrogens with one attached hydrogen (secondary N) is 1. The molecule has 1 aromatic heterocycles. The zero-order valence-electron chi connectivity index (χ0n) is 14.4. The van der Waals surface area contributed by atoms with Crippen molar-refractivity contribution in [3.63, 3.8) is 0 Å². The van der Waals surface area contributed by atoms with Crippen LogP contribution in [-0.4, -0.2) is 26.7 Å². The van der Waals surface area contributed by atoms with Crippen molar-refractivity contribution in [3.05, 3.63) is 66.0 Å². The number of aryl methyl sites for hydroxylation is 1. The second-order valence-corrected chi connectivity index (χ2v) is 6.28. The molecule has 0 amide bonds. The fourth-order valence-corrected chi connectivity index (χ4v) is 3.06. The number of rotatable bonds is 8. The Morgan fingerprint density at radius 3 is 2.60 bits per heavy atom. The largest absolute Gasteiger partial charge is 0.481 e. The van der Waals surface area contributed by atoms with Gasteiger partial charge in [-0.3, -0.25) is 4.79 Å². The second-order valence-electron chi connectivity index (χ2n) is 6.28. The van der Waals surface area contributed by atoms with E-state index >= 15 is 0 Å². The maximum Gasteiger partial charge on any atom is 0.303 e. The molecule has 25 heavy (non-hydrogen) atoms. The highest BCUT2D eigenvalue weighted by molar-refractivity contribution is 5.75. The van der Waals surface area contributed by atoms with E-state index in [4.69, 9.17) is 5.11 Å². The number of carboxylic acids is 1. The number of nitrogens with zero attached hydrogens (tertiary/aromatic N) is 2. The van der Waals surface area contributed by atoms with E-state index in [1.54, 1.807) is 0 Å². The van der Waals surface area contributed by atoms with Crippen molar-refractivity contribution in [2.75, 3.05) is 0 Å². The molecule has 1 heterocycles. The summed E-state index contributed by atoms with van der Waals surface area (Å²) in [5, 5.41) is 12.5. The van der Waals surface area contributed by atoms with E-state index in [0.717, 1.165) is 23.3 Å². The SMILES string of the molecule is Cn1c(CNC(CCC(=O)O)Cc2ccccc2)nc2ccccc21. The summed E-state index contributed by atoms with van der Waals surface area (Å²) >= 11 is 0. The Labute approximate surface area is 147 Å². The van der Waals surface area contributed by atoms with Crippen LogP contribution in [0.4, 0.5) is 0 Å². The van der Waals surface area contributed by atoms with Crippen LogP contribution in [0.3, 0.4) is 0 Å². The average molecular weight is 337 g/mol. The number of para-hydroxylation sites is 2. The van der Waals surface area contributed by atoms with Crippen molar-refractivity contribution < 1.29 is 9.90 Å². The van der Waals surface area contributed by atoms with E-state index in [0.29, 0.717) is 13.0 Å². The van der Waals surface area contributed by atoms with Crippen LogP contribution in [0.5, 0.6) is 0 Å². The van der Waals surface area contributed by atoms with Crippen molar-refractivity contribution in [1.29, 1.82) is 0 Å². The van der Waals surface area contributed by atoms with Gasteiger partial charge in [0.05, 0.1) is 17.6 Å². The summed E-state index contributed by atoms with van der Waals surface area (Å²) in [6, 6.07) is 18.3. The van der Waals surface area contributed by atoms with Gasteiger partial charge in [0.1, 0.15) is 5.82 Å². The number of hydrogen-bond acceptors (Lipinski definition) is 3. The van der Waals surface area contributed by atoms with E-state index in [1.807, 2.05) is 43.4 Å². The summed E-state index contributed by atoms with van der Waals surface area (Å²) in [6.07, 6.45) is 1.55. The van der Waals surface area contributed by atoms with Crippen LogP contribution in [0.25, 0.3) is 11.0 Å². The molecule has 0 saturated heterocycles. The molecule has 5 heteroatoms. The maximum absolute atomic E-state index is 11.0. The van der Waals surface area contributed by atoms with E-state index < -0.39 is 5.97 Å². The Bertz CT molecular complexity index is 843. The summed E-state index contributed by atoms with van der Waals surface area (Å²) in [6.45, 7) is 0.613. The van der Waals surface area contributed by atoms with Gasteiger partial charge in [-0.25, -0.2) is 4.98 Å². The molecule has 0 aliphatic heterocycles. The minimum atomic E-state index is -0.761. The van der Waals surface area contributed by atoms with Gasteiger partial charge in [0, 0.05) is 19.5 Å². The predicted molar refractivity (Wildman–Crippen MR) is 98.4 cm³/mol. The molecule has 5 nitrogen and oxygen atoms in total. The molecule has 0 spiro atoms. The third-order valence-corrected chi connectivity index (χ3v) is 4.46.